The first kappa shape index (κ1) is 14.2. The van der Waals surface area contributed by atoms with Crippen LogP contribution < -0.4 is 16.4 Å². The summed E-state index contributed by atoms with van der Waals surface area (Å²) in [4.78, 5) is 11.8. The van der Waals surface area contributed by atoms with E-state index in [0.717, 1.165) is 11.1 Å². The molecule has 5 heteroatoms. The van der Waals surface area contributed by atoms with Gasteiger partial charge < -0.3 is 16.4 Å². The number of urea groups is 1. The zero-order valence-corrected chi connectivity index (χ0v) is 11.9. The van der Waals surface area contributed by atoms with Gasteiger partial charge in [0, 0.05) is 12.2 Å². The predicted molar refractivity (Wildman–Crippen MR) is 82.9 cm³/mol. The highest BCUT2D eigenvalue weighted by molar-refractivity contribution is 6.34. The van der Waals surface area contributed by atoms with Gasteiger partial charge in [-0.3, -0.25) is 0 Å². The Bertz CT molecular complexity index is 628. The highest BCUT2D eigenvalue weighted by atomic mass is 35.5. The SMILES string of the molecule is Cc1cccc(CNC(=O)Nc2ccc(N)cc2Cl)c1. The second kappa shape index (κ2) is 6.30. The van der Waals surface area contributed by atoms with Crippen LogP contribution in [0.25, 0.3) is 0 Å². The lowest BCUT2D eigenvalue weighted by Crippen LogP contribution is -2.28. The van der Waals surface area contributed by atoms with Gasteiger partial charge in [-0.1, -0.05) is 41.4 Å². The minimum atomic E-state index is -0.307. The zero-order chi connectivity index (χ0) is 14.5. The number of hydrogen-bond acceptors (Lipinski definition) is 2. The molecule has 0 aliphatic heterocycles. The molecular formula is C15H16ClN3O. The zero-order valence-electron chi connectivity index (χ0n) is 11.1. The van der Waals surface area contributed by atoms with Crippen LogP contribution in [0, 0.1) is 6.92 Å². The van der Waals surface area contributed by atoms with Gasteiger partial charge in [-0.05, 0) is 30.7 Å². The number of nitrogens with two attached hydrogens (primary N) is 1. The molecule has 4 nitrogen and oxygen atoms in total. The van der Waals surface area contributed by atoms with E-state index >= 15 is 0 Å². The first-order chi connectivity index (χ1) is 9.54. The van der Waals surface area contributed by atoms with Crippen LogP contribution >= 0.6 is 11.6 Å². The lowest BCUT2D eigenvalue weighted by molar-refractivity contribution is 0.251. The molecule has 0 saturated heterocycles. The molecule has 0 heterocycles. The summed E-state index contributed by atoms with van der Waals surface area (Å²) in [6.45, 7) is 2.47. The first-order valence-electron chi connectivity index (χ1n) is 6.20. The Morgan fingerprint density at radius 3 is 2.75 bits per heavy atom. The molecule has 0 aliphatic rings. The summed E-state index contributed by atoms with van der Waals surface area (Å²) in [6.07, 6.45) is 0. The minimum Gasteiger partial charge on any atom is -0.399 e. The number of hydrogen-bond donors (Lipinski definition) is 3. The Labute approximate surface area is 122 Å². The number of nitrogen functional groups attached to an aromatic ring is 1. The molecule has 0 aliphatic carbocycles. The molecule has 0 atom stereocenters. The summed E-state index contributed by atoms with van der Waals surface area (Å²) in [5.74, 6) is 0. The second-order valence-corrected chi connectivity index (χ2v) is 4.94. The molecule has 2 aromatic rings. The number of rotatable bonds is 3. The largest absolute Gasteiger partial charge is 0.399 e. The van der Waals surface area contributed by atoms with E-state index in [1.54, 1.807) is 18.2 Å². The van der Waals surface area contributed by atoms with E-state index in [0.29, 0.717) is 22.9 Å². The molecule has 0 saturated carbocycles. The maximum Gasteiger partial charge on any atom is 0.319 e. The summed E-state index contributed by atoms with van der Waals surface area (Å²) in [7, 11) is 0. The number of aryl methyl sites for hydroxylation is 1. The highest BCUT2D eigenvalue weighted by Crippen LogP contribution is 2.23. The third kappa shape index (κ3) is 3.90. The van der Waals surface area contributed by atoms with Gasteiger partial charge in [0.25, 0.3) is 0 Å². The monoisotopic (exact) mass is 289 g/mol. The third-order valence-electron chi connectivity index (χ3n) is 2.78. The molecular weight excluding hydrogens is 274 g/mol. The average Bonchev–Trinajstić information content (AvgIpc) is 2.40. The molecule has 104 valence electrons. The fourth-order valence-corrected chi connectivity index (χ4v) is 2.04. The fraction of sp³-hybridized carbons (Fsp3) is 0.133. The Morgan fingerprint density at radius 1 is 1.25 bits per heavy atom. The van der Waals surface area contributed by atoms with E-state index in [4.69, 9.17) is 17.3 Å². The van der Waals surface area contributed by atoms with Gasteiger partial charge in [0.2, 0.25) is 0 Å². The molecule has 0 bridgehead atoms. The first-order valence-corrected chi connectivity index (χ1v) is 6.58. The molecule has 2 rings (SSSR count). The molecule has 0 aromatic heterocycles. The summed E-state index contributed by atoms with van der Waals surface area (Å²) in [6, 6.07) is 12.6. The molecule has 20 heavy (non-hydrogen) atoms. The van der Waals surface area contributed by atoms with Gasteiger partial charge in [-0.15, -0.1) is 0 Å². The third-order valence-corrected chi connectivity index (χ3v) is 3.09. The minimum absolute atomic E-state index is 0.307. The number of anilines is 2. The predicted octanol–water partition coefficient (Wildman–Crippen LogP) is 3.55. The molecule has 0 radical (unpaired) electrons. The van der Waals surface area contributed by atoms with E-state index in [1.807, 2.05) is 31.2 Å². The van der Waals surface area contributed by atoms with Crippen molar-refractivity contribution in [1.29, 1.82) is 0 Å². The van der Waals surface area contributed by atoms with Crippen molar-refractivity contribution in [2.75, 3.05) is 11.1 Å². The number of nitrogens with one attached hydrogen (secondary N) is 2. The normalized spacial score (nSPS) is 10.1. The van der Waals surface area contributed by atoms with E-state index < -0.39 is 0 Å². The number of carbonyl (C=O) groups is 1. The summed E-state index contributed by atoms with van der Waals surface area (Å²) in [5.41, 5.74) is 8.88. The van der Waals surface area contributed by atoms with Crippen LogP contribution in [0.3, 0.4) is 0 Å². The summed E-state index contributed by atoms with van der Waals surface area (Å²) >= 11 is 5.99. The smallest absolute Gasteiger partial charge is 0.319 e. The summed E-state index contributed by atoms with van der Waals surface area (Å²) in [5, 5.41) is 5.87. The van der Waals surface area contributed by atoms with Crippen LogP contribution in [0.5, 0.6) is 0 Å². The molecule has 0 fully saturated rings. The van der Waals surface area contributed by atoms with Crippen molar-refractivity contribution in [3.63, 3.8) is 0 Å². The fourth-order valence-electron chi connectivity index (χ4n) is 1.80. The number of halogens is 1. The lowest BCUT2D eigenvalue weighted by atomic mass is 10.1. The van der Waals surface area contributed by atoms with Crippen molar-refractivity contribution in [2.24, 2.45) is 0 Å². The van der Waals surface area contributed by atoms with E-state index in [1.165, 1.54) is 0 Å². The number of benzene rings is 2. The maximum absolute atomic E-state index is 11.8. The molecule has 2 amide bonds. The Hall–Kier alpha value is -2.20. The van der Waals surface area contributed by atoms with Crippen LogP contribution in [0.15, 0.2) is 42.5 Å². The van der Waals surface area contributed by atoms with E-state index in [2.05, 4.69) is 10.6 Å². The van der Waals surface area contributed by atoms with Gasteiger partial charge in [0.05, 0.1) is 10.7 Å². The van der Waals surface area contributed by atoms with Crippen molar-refractivity contribution in [1.82, 2.24) is 5.32 Å². The molecule has 0 spiro atoms. The van der Waals surface area contributed by atoms with Crippen molar-refractivity contribution < 1.29 is 4.79 Å². The van der Waals surface area contributed by atoms with Gasteiger partial charge in [-0.2, -0.15) is 0 Å². The van der Waals surface area contributed by atoms with Gasteiger partial charge in [0.15, 0.2) is 0 Å². The number of amides is 2. The van der Waals surface area contributed by atoms with Gasteiger partial charge in [-0.25, -0.2) is 4.79 Å². The topological polar surface area (TPSA) is 67.2 Å². The number of carbonyl (C=O) groups excluding carboxylic acids is 1. The quantitative estimate of drug-likeness (QED) is 0.756. The van der Waals surface area contributed by atoms with Crippen molar-refractivity contribution in [3.05, 3.63) is 58.6 Å². The Balaban J connectivity index is 1.92. The van der Waals surface area contributed by atoms with Crippen LogP contribution in [0.2, 0.25) is 5.02 Å². The van der Waals surface area contributed by atoms with Gasteiger partial charge >= 0.3 is 6.03 Å². The Morgan fingerprint density at radius 2 is 2.05 bits per heavy atom. The van der Waals surface area contributed by atoms with Crippen LogP contribution in [-0.2, 0) is 6.54 Å². The summed E-state index contributed by atoms with van der Waals surface area (Å²) < 4.78 is 0. The highest BCUT2D eigenvalue weighted by Gasteiger charge is 2.05. The lowest BCUT2D eigenvalue weighted by Gasteiger charge is -2.10. The second-order valence-electron chi connectivity index (χ2n) is 4.54. The molecule has 2 aromatic carbocycles. The maximum atomic E-state index is 11.8. The van der Waals surface area contributed by atoms with Crippen LogP contribution in [0.4, 0.5) is 16.2 Å². The van der Waals surface area contributed by atoms with E-state index in [-0.39, 0.29) is 6.03 Å². The van der Waals surface area contributed by atoms with Crippen molar-refractivity contribution >= 4 is 29.0 Å². The molecule has 0 unspecified atom stereocenters. The van der Waals surface area contributed by atoms with Crippen molar-refractivity contribution in [3.8, 4) is 0 Å². The Kier molecular flexibility index (Phi) is 4.48. The van der Waals surface area contributed by atoms with E-state index in [9.17, 15) is 4.79 Å². The van der Waals surface area contributed by atoms with Crippen LogP contribution in [0.1, 0.15) is 11.1 Å². The molecule has 4 N–H and O–H groups in total. The van der Waals surface area contributed by atoms with Crippen molar-refractivity contribution in [2.45, 2.75) is 13.5 Å². The van der Waals surface area contributed by atoms with Crippen LogP contribution in [-0.4, -0.2) is 6.03 Å². The standard InChI is InChI=1S/C15H16ClN3O/c1-10-3-2-4-11(7-10)9-18-15(20)19-14-6-5-12(17)8-13(14)16/h2-8H,9,17H2,1H3,(H2,18,19,20). The average molecular weight is 290 g/mol. The van der Waals surface area contributed by atoms with Gasteiger partial charge in [0.1, 0.15) is 0 Å².